The van der Waals surface area contributed by atoms with Crippen LogP contribution in [0, 0.1) is 11.8 Å². The molecule has 0 unspecified atom stereocenters. The predicted octanol–water partition coefficient (Wildman–Crippen LogP) is 2.36. The molecule has 8 nitrogen and oxygen atoms in total. The summed E-state index contributed by atoms with van der Waals surface area (Å²) < 4.78 is 22.3. The molecule has 5 rings (SSSR count). The van der Waals surface area contributed by atoms with Crippen LogP contribution < -0.4 is 24.4 Å². The summed E-state index contributed by atoms with van der Waals surface area (Å²) in [7, 11) is 4.76. The van der Waals surface area contributed by atoms with Crippen LogP contribution in [0.1, 0.15) is 5.56 Å². The van der Waals surface area contributed by atoms with Gasteiger partial charge in [-0.3, -0.25) is 9.59 Å². The van der Waals surface area contributed by atoms with Crippen LogP contribution in [0.2, 0.25) is 0 Å². The fraction of sp³-hybridized carbons (Fsp3) is 0.385. The Kier molecular flexibility index (Phi) is 5.69. The van der Waals surface area contributed by atoms with Gasteiger partial charge in [-0.05, 0) is 36.2 Å². The van der Waals surface area contributed by atoms with Gasteiger partial charge in [-0.25, -0.2) is 0 Å². The molecule has 2 aromatic rings. The van der Waals surface area contributed by atoms with E-state index in [0.717, 1.165) is 5.56 Å². The van der Waals surface area contributed by atoms with Crippen LogP contribution in [0.3, 0.4) is 0 Å². The zero-order chi connectivity index (χ0) is 23.9. The molecule has 2 aromatic carbocycles. The molecule has 3 aliphatic rings. The molecule has 0 radical (unpaired) electrons. The smallest absolute Gasteiger partial charge is 0.234 e. The molecular formula is C26H28N2O6. The molecule has 3 heterocycles. The monoisotopic (exact) mass is 464 g/mol. The summed E-state index contributed by atoms with van der Waals surface area (Å²) in [6.07, 6.45) is 4.09. The lowest BCUT2D eigenvalue weighted by Crippen LogP contribution is -2.44. The Hall–Kier alpha value is -3.52. The maximum absolute atomic E-state index is 13.5. The Morgan fingerprint density at radius 1 is 1.09 bits per heavy atom. The second-order valence-corrected chi connectivity index (χ2v) is 8.73. The van der Waals surface area contributed by atoms with Gasteiger partial charge in [0.1, 0.15) is 11.4 Å². The van der Waals surface area contributed by atoms with E-state index in [4.69, 9.17) is 18.9 Å². The number of ether oxygens (including phenoxy) is 4. The molecule has 4 atom stereocenters. The Labute approximate surface area is 198 Å². The van der Waals surface area contributed by atoms with E-state index in [1.807, 2.05) is 54.6 Å². The molecule has 1 N–H and O–H groups in total. The van der Waals surface area contributed by atoms with Crippen LogP contribution in [-0.4, -0.2) is 57.9 Å². The van der Waals surface area contributed by atoms with E-state index in [0.29, 0.717) is 42.4 Å². The summed E-state index contributed by atoms with van der Waals surface area (Å²) in [4.78, 5) is 28.4. The fourth-order valence-corrected chi connectivity index (χ4v) is 5.34. The number of benzene rings is 2. The van der Waals surface area contributed by atoms with E-state index in [9.17, 15) is 9.59 Å². The summed E-state index contributed by atoms with van der Waals surface area (Å²) in [5, 5.41) is 3.01. The molecule has 2 amide bonds. The summed E-state index contributed by atoms with van der Waals surface area (Å²) in [5.41, 5.74) is 0.915. The number of anilines is 1. The lowest BCUT2D eigenvalue weighted by Gasteiger charge is -2.23. The molecule has 2 fully saturated rings. The number of para-hydroxylation sites is 2. The van der Waals surface area contributed by atoms with E-state index in [-0.39, 0.29) is 11.8 Å². The van der Waals surface area contributed by atoms with Gasteiger partial charge in [-0.2, -0.15) is 0 Å². The molecule has 34 heavy (non-hydrogen) atoms. The van der Waals surface area contributed by atoms with Crippen molar-refractivity contribution in [1.29, 1.82) is 0 Å². The minimum Gasteiger partial charge on any atom is -0.495 e. The highest BCUT2D eigenvalue weighted by atomic mass is 16.5. The number of fused-ring (bicyclic) bond motifs is 1. The molecule has 178 valence electrons. The van der Waals surface area contributed by atoms with Gasteiger partial charge in [0.25, 0.3) is 0 Å². The molecule has 8 heteroatoms. The van der Waals surface area contributed by atoms with Crippen molar-refractivity contribution in [3.05, 3.63) is 60.2 Å². The number of carbonyl (C=O) groups is 2. The van der Waals surface area contributed by atoms with Crippen LogP contribution >= 0.6 is 0 Å². The molecule has 1 spiro atoms. The van der Waals surface area contributed by atoms with Gasteiger partial charge in [-0.15, -0.1) is 0 Å². The van der Waals surface area contributed by atoms with Crippen LogP contribution in [0.5, 0.6) is 17.2 Å². The Morgan fingerprint density at radius 2 is 1.85 bits per heavy atom. The van der Waals surface area contributed by atoms with Gasteiger partial charge < -0.3 is 29.2 Å². The zero-order valence-electron chi connectivity index (χ0n) is 19.4. The van der Waals surface area contributed by atoms with Gasteiger partial charge in [0, 0.05) is 6.54 Å². The van der Waals surface area contributed by atoms with E-state index >= 15 is 0 Å². The highest BCUT2D eigenvalue weighted by Gasteiger charge is 2.67. The summed E-state index contributed by atoms with van der Waals surface area (Å²) in [5.74, 6) is 0.504. The van der Waals surface area contributed by atoms with Crippen LogP contribution in [0.4, 0.5) is 5.69 Å². The number of amides is 2. The number of nitrogens with one attached hydrogen (secondary N) is 1. The average molecular weight is 465 g/mol. The summed E-state index contributed by atoms with van der Waals surface area (Å²) >= 11 is 0. The van der Waals surface area contributed by atoms with Crippen molar-refractivity contribution in [2.75, 3.05) is 39.3 Å². The standard InChI is InChI=1S/C26H28N2O6/c1-31-18-7-5-4-6-17(18)28-15-26-12-10-20(34-26)22(23(26)25(28)30)24(29)27-13-11-16-8-9-19(32-2)21(14-16)33-3/h4-10,12,14,20,22-23H,11,13,15H2,1-3H3,(H,27,29)/t20-,22+,23+,26-/m0/s1. The minimum absolute atomic E-state index is 0.114. The van der Waals surface area contributed by atoms with Crippen molar-refractivity contribution in [2.24, 2.45) is 11.8 Å². The Morgan fingerprint density at radius 3 is 2.62 bits per heavy atom. The highest BCUT2D eigenvalue weighted by Crippen LogP contribution is 2.53. The largest absolute Gasteiger partial charge is 0.495 e. The first-order valence-electron chi connectivity index (χ1n) is 11.3. The number of carbonyl (C=O) groups excluding carboxylic acids is 2. The van der Waals surface area contributed by atoms with Crippen LogP contribution in [0.15, 0.2) is 54.6 Å². The zero-order valence-corrected chi connectivity index (χ0v) is 19.4. The Balaban J connectivity index is 1.29. The number of nitrogens with zero attached hydrogens (tertiary/aromatic N) is 1. The van der Waals surface area contributed by atoms with E-state index in [2.05, 4.69) is 5.32 Å². The van der Waals surface area contributed by atoms with Crippen molar-refractivity contribution in [3.8, 4) is 17.2 Å². The van der Waals surface area contributed by atoms with Gasteiger partial charge in [0.2, 0.25) is 11.8 Å². The quantitative estimate of drug-likeness (QED) is 0.604. The van der Waals surface area contributed by atoms with Crippen molar-refractivity contribution < 1.29 is 28.5 Å². The number of methoxy groups -OCH3 is 3. The van der Waals surface area contributed by atoms with Crippen LogP contribution in [0.25, 0.3) is 0 Å². The number of hydrogen-bond donors (Lipinski definition) is 1. The molecule has 2 saturated heterocycles. The molecule has 0 aliphatic carbocycles. The normalized spacial score (nSPS) is 26.5. The average Bonchev–Trinajstić information content (AvgIpc) is 3.51. The van der Waals surface area contributed by atoms with Gasteiger partial charge in [0.15, 0.2) is 11.5 Å². The number of rotatable bonds is 8. The molecule has 0 saturated carbocycles. The first-order chi connectivity index (χ1) is 16.5. The minimum atomic E-state index is -0.784. The molecular weight excluding hydrogens is 436 g/mol. The predicted molar refractivity (Wildman–Crippen MR) is 125 cm³/mol. The first-order valence-corrected chi connectivity index (χ1v) is 11.3. The van der Waals surface area contributed by atoms with Crippen molar-refractivity contribution in [3.63, 3.8) is 0 Å². The first kappa shape index (κ1) is 22.3. The van der Waals surface area contributed by atoms with Crippen molar-refractivity contribution in [2.45, 2.75) is 18.1 Å². The summed E-state index contributed by atoms with van der Waals surface area (Å²) in [6.45, 7) is 0.796. The SMILES string of the molecule is COc1ccc(CCNC(=O)[C@@H]2[C@@H]3C=C[C@@]4(CN(c5ccccc5OC)C(=O)[C@@H]24)O3)cc1OC. The second kappa shape index (κ2) is 8.68. The van der Waals surface area contributed by atoms with Crippen molar-refractivity contribution >= 4 is 17.5 Å². The third-order valence-corrected chi connectivity index (χ3v) is 6.94. The lowest BCUT2D eigenvalue weighted by atomic mass is 9.77. The van der Waals surface area contributed by atoms with Crippen molar-refractivity contribution in [1.82, 2.24) is 5.32 Å². The lowest BCUT2D eigenvalue weighted by molar-refractivity contribution is -0.131. The fourth-order valence-electron chi connectivity index (χ4n) is 5.34. The van der Waals surface area contributed by atoms with E-state index in [1.165, 1.54) is 0 Å². The van der Waals surface area contributed by atoms with Gasteiger partial charge >= 0.3 is 0 Å². The topological polar surface area (TPSA) is 86.3 Å². The van der Waals surface area contributed by atoms with Gasteiger partial charge in [-0.1, -0.05) is 30.4 Å². The molecule has 3 aliphatic heterocycles. The third kappa shape index (κ3) is 3.49. The van der Waals surface area contributed by atoms with E-state index in [1.54, 1.807) is 26.2 Å². The van der Waals surface area contributed by atoms with Crippen LogP contribution in [-0.2, 0) is 20.7 Å². The second-order valence-electron chi connectivity index (χ2n) is 8.73. The highest BCUT2D eigenvalue weighted by molar-refractivity contribution is 6.04. The maximum atomic E-state index is 13.5. The Bertz CT molecular complexity index is 1150. The summed E-state index contributed by atoms with van der Waals surface area (Å²) in [6, 6.07) is 13.1. The number of hydrogen-bond acceptors (Lipinski definition) is 6. The molecule has 0 aromatic heterocycles. The molecule has 2 bridgehead atoms. The van der Waals surface area contributed by atoms with Gasteiger partial charge in [0.05, 0.1) is 51.5 Å². The van der Waals surface area contributed by atoms with E-state index < -0.39 is 23.5 Å². The third-order valence-electron chi connectivity index (χ3n) is 6.94. The maximum Gasteiger partial charge on any atom is 0.234 e.